The molecule has 2 aromatic heterocycles. The highest BCUT2D eigenvalue weighted by molar-refractivity contribution is 7.94. The van der Waals surface area contributed by atoms with E-state index in [4.69, 9.17) is 28.0 Å². The molecular weight excluding hydrogens is 1160 g/mol. The van der Waals surface area contributed by atoms with Crippen molar-refractivity contribution < 1.29 is 69.1 Å². The SMILES string of the molecule is CC(C)(C)OC(=O)N=NC(=O)OC(C)(C)C.CC(C)(C)c1cc(N2CCC(C)(S(=O)(=O)C3CCOCC3)C2=O)on1.CC(C)(C)c1cc(NC(=O)C(C)(CCO)S(=O)(=O)C2CCOCC2)on1.c1ccc(P(c2ccccc2)c2ccccc2)cc1. The van der Waals surface area contributed by atoms with E-state index < -0.39 is 89.4 Å². The number of sulfone groups is 2. The fourth-order valence-corrected chi connectivity index (χ4v) is 15.9. The highest BCUT2D eigenvalue weighted by atomic mass is 32.2. The van der Waals surface area contributed by atoms with Gasteiger partial charge in [-0.1, -0.05) is 153 Å². The van der Waals surface area contributed by atoms with Crippen molar-refractivity contribution in [2.24, 2.45) is 10.2 Å². The summed E-state index contributed by atoms with van der Waals surface area (Å²) in [6.45, 7) is 26.3. The van der Waals surface area contributed by atoms with Gasteiger partial charge in [0.05, 0.1) is 21.9 Å². The second-order valence-electron chi connectivity index (χ2n) is 25.4. The van der Waals surface area contributed by atoms with Gasteiger partial charge < -0.3 is 33.1 Å². The number of benzene rings is 3. The van der Waals surface area contributed by atoms with E-state index in [9.17, 15) is 41.1 Å². The van der Waals surface area contributed by atoms with E-state index >= 15 is 0 Å². The van der Waals surface area contributed by atoms with Crippen LogP contribution in [-0.4, -0.2) is 127 Å². The van der Waals surface area contributed by atoms with Crippen molar-refractivity contribution >= 4 is 79.3 Å². The van der Waals surface area contributed by atoms with Crippen LogP contribution in [0.4, 0.5) is 21.4 Å². The van der Waals surface area contributed by atoms with Gasteiger partial charge in [-0.15, -0.1) is 0 Å². The van der Waals surface area contributed by atoms with E-state index in [0.717, 1.165) is 5.69 Å². The first-order chi connectivity index (χ1) is 40.0. The Morgan fingerprint density at radius 1 is 0.651 bits per heavy atom. The Bertz CT molecular complexity index is 3140. The molecule has 3 fully saturated rings. The van der Waals surface area contributed by atoms with E-state index in [1.54, 1.807) is 60.6 Å². The number of carbonyl (C=O) groups is 4. The maximum absolute atomic E-state index is 13.1. The number of aliphatic hydroxyl groups excluding tert-OH is 1. The lowest BCUT2D eigenvalue weighted by Crippen LogP contribution is -2.52. The minimum absolute atomic E-state index is 0.0891. The Morgan fingerprint density at radius 2 is 1.06 bits per heavy atom. The van der Waals surface area contributed by atoms with Crippen LogP contribution in [0, 0.1) is 0 Å². The second kappa shape index (κ2) is 29.6. The van der Waals surface area contributed by atoms with Crippen molar-refractivity contribution in [3.05, 3.63) is 115 Å². The minimum Gasteiger partial charge on any atom is -0.441 e. The highest BCUT2D eigenvalue weighted by Gasteiger charge is 2.56. The molecule has 3 aromatic carbocycles. The number of azo groups is 1. The van der Waals surface area contributed by atoms with Crippen molar-refractivity contribution in [3.63, 3.8) is 0 Å². The van der Waals surface area contributed by atoms with Gasteiger partial charge in [0.2, 0.25) is 17.7 Å². The lowest BCUT2D eigenvalue weighted by atomic mass is 9.92. The third kappa shape index (κ3) is 19.1. The van der Waals surface area contributed by atoms with Gasteiger partial charge in [-0.05, 0) is 118 Å². The molecule has 0 aliphatic carbocycles. The normalized spacial score (nSPS) is 18.1. The minimum atomic E-state index is -3.84. The average Bonchev–Trinajstić information content (AvgIpc) is 1.53. The van der Waals surface area contributed by atoms with E-state index in [0.29, 0.717) is 70.2 Å². The van der Waals surface area contributed by atoms with E-state index in [-0.39, 0.29) is 29.6 Å². The number of aliphatic hydroxyl groups is 1. The average molecular weight is 1250 g/mol. The summed E-state index contributed by atoms with van der Waals surface area (Å²) < 4.78 is 79.9. The van der Waals surface area contributed by atoms with Crippen LogP contribution < -0.4 is 26.1 Å². The number of carbonyl (C=O) groups excluding carboxylic acids is 4. The molecule has 21 nitrogen and oxygen atoms in total. The highest BCUT2D eigenvalue weighted by Crippen LogP contribution is 2.40. The van der Waals surface area contributed by atoms with Gasteiger partial charge in [0.1, 0.15) is 11.2 Å². The predicted molar refractivity (Wildman–Crippen MR) is 333 cm³/mol. The van der Waals surface area contributed by atoms with Gasteiger partial charge in [0.15, 0.2) is 29.2 Å². The number of anilines is 2. The van der Waals surface area contributed by atoms with Crippen LogP contribution in [0.3, 0.4) is 0 Å². The third-order valence-corrected chi connectivity index (χ3v) is 22.6. The summed E-state index contributed by atoms with van der Waals surface area (Å²) in [5.41, 5.74) is -0.425. The molecule has 0 spiro atoms. The quantitative estimate of drug-likeness (QED) is 0.0867. The standard InChI is InChI=1S/C18H15P.C17H28N2O6S.C17H26N2O5S.C10H18N2O4/c1-4-10-16(11-5-1)19(17-12-6-2-7-13-17)18-14-8-3-9-15-18;1-16(2,3)13-11-14(25-19-13)18-15(21)17(4,7-8-20)26(22,23)12-5-9-24-10-6-12;1-16(2,3)13-11-14(24-18-13)19-8-7-17(4,15(19)20)25(21,22)12-5-9-23-10-6-12;1-9(2,3)15-7(13)11-12-8(14)16-10(4,5)6/h1-15H;11-12,20H,5-10H2,1-4H3,(H,18,21);11-12H,5-10H2,1-4H3;1-6H3. The summed E-state index contributed by atoms with van der Waals surface area (Å²) in [6, 6.07) is 35.6. The van der Waals surface area contributed by atoms with Gasteiger partial charge in [0, 0.05) is 62.5 Å². The Hall–Kier alpha value is -6.23. The maximum Gasteiger partial charge on any atom is 0.453 e. The molecule has 2 unspecified atom stereocenters. The first-order valence-corrected chi connectivity index (χ1v) is 33.1. The molecule has 0 radical (unpaired) electrons. The van der Waals surface area contributed by atoms with Crippen LogP contribution in [0.1, 0.15) is 147 Å². The number of rotatable bonds is 12. The maximum atomic E-state index is 13.1. The van der Waals surface area contributed by atoms with Crippen LogP contribution in [-0.2, 0) is 59.0 Å². The zero-order chi connectivity index (χ0) is 63.9. The fraction of sp³-hybridized carbons (Fsp3) is 0.548. The van der Waals surface area contributed by atoms with Crippen molar-refractivity contribution in [2.75, 3.05) is 49.8 Å². The number of hydrogen-bond donors (Lipinski definition) is 2. The van der Waals surface area contributed by atoms with Gasteiger partial charge in [-0.25, -0.2) is 26.4 Å². The molecule has 5 heterocycles. The summed E-state index contributed by atoms with van der Waals surface area (Å²) in [5, 5.41) is 29.0. The number of amides is 4. The molecule has 24 heteroatoms. The number of nitrogens with one attached hydrogen (secondary N) is 1. The first-order valence-electron chi connectivity index (χ1n) is 28.7. The number of nitrogens with zero attached hydrogens (tertiary/aromatic N) is 5. The molecule has 8 rings (SSSR count). The first kappa shape index (κ1) is 70.5. The van der Waals surface area contributed by atoms with Crippen molar-refractivity contribution in [3.8, 4) is 0 Å². The van der Waals surface area contributed by atoms with Crippen molar-refractivity contribution in [1.82, 2.24) is 10.3 Å². The smallest absolute Gasteiger partial charge is 0.441 e. The van der Waals surface area contributed by atoms with E-state index in [1.807, 2.05) is 41.5 Å². The monoisotopic (exact) mass is 1250 g/mol. The van der Waals surface area contributed by atoms with Gasteiger partial charge >= 0.3 is 12.2 Å². The zero-order valence-electron chi connectivity index (χ0n) is 52.1. The summed E-state index contributed by atoms with van der Waals surface area (Å²) in [5.74, 6) is -0.739. The Kier molecular flexibility index (Phi) is 24.3. The lowest BCUT2D eigenvalue weighted by Gasteiger charge is -2.33. The number of hydrogen-bond acceptors (Lipinski definition) is 17. The van der Waals surface area contributed by atoms with Crippen molar-refractivity contribution in [1.29, 1.82) is 0 Å². The van der Waals surface area contributed by atoms with Crippen LogP contribution in [0.2, 0.25) is 0 Å². The van der Waals surface area contributed by atoms with Crippen LogP contribution >= 0.6 is 7.92 Å². The Morgan fingerprint density at radius 3 is 1.44 bits per heavy atom. The molecular formula is C62H87N6O15PS2. The molecule has 3 aliphatic rings. The van der Waals surface area contributed by atoms with Gasteiger partial charge in [-0.3, -0.25) is 19.8 Å². The summed E-state index contributed by atoms with van der Waals surface area (Å²) in [7, 11) is -7.89. The molecule has 3 saturated heterocycles. The molecule has 86 heavy (non-hydrogen) atoms. The summed E-state index contributed by atoms with van der Waals surface area (Å²) in [4.78, 5) is 49.3. The predicted octanol–water partition coefficient (Wildman–Crippen LogP) is 10.5. The van der Waals surface area contributed by atoms with Gasteiger partial charge in [-0.2, -0.15) is 0 Å². The lowest BCUT2D eigenvalue weighted by molar-refractivity contribution is -0.119. The molecule has 2 atom stereocenters. The van der Waals surface area contributed by atoms with Crippen LogP contribution in [0.15, 0.2) is 122 Å². The number of aromatic nitrogens is 2. The molecule has 3 aliphatic heterocycles. The largest absolute Gasteiger partial charge is 0.453 e. The number of ether oxygens (including phenoxy) is 4. The van der Waals surface area contributed by atoms with E-state index in [1.165, 1.54) is 27.7 Å². The topological polar surface area (TPSA) is 286 Å². The van der Waals surface area contributed by atoms with Crippen molar-refractivity contribution in [2.45, 2.75) is 177 Å². The Balaban J connectivity index is 0.000000213. The molecule has 0 saturated carbocycles. The molecule has 5 aromatic rings. The molecule has 472 valence electrons. The third-order valence-electron chi connectivity index (χ3n) is 14.1. The van der Waals surface area contributed by atoms with Crippen LogP contribution in [0.5, 0.6) is 0 Å². The second-order valence-corrected chi connectivity index (χ2v) is 33.0. The summed E-state index contributed by atoms with van der Waals surface area (Å²) >= 11 is 0. The Labute approximate surface area is 508 Å². The van der Waals surface area contributed by atoms with E-state index in [2.05, 4.69) is 117 Å². The fourth-order valence-electron chi connectivity index (χ4n) is 9.10. The zero-order valence-corrected chi connectivity index (χ0v) is 54.6. The molecule has 0 bridgehead atoms. The van der Waals surface area contributed by atoms with Gasteiger partial charge in [0.25, 0.3) is 5.91 Å². The summed E-state index contributed by atoms with van der Waals surface area (Å²) in [6.07, 6.45) is -0.198. The molecule has 2 N–H and O–H groups in total. The molecule has 4 amide bonds. The van der Waals surface area contributed by atoms with Crippen LogP contribution in [0.25, 0.3) is 0 Å².